The number of hydrogen-bond acceptors (Lipinski definition) is 6. The van der Waals surface area contributed by atoms with Crippen LogP contribution in [-0.4, -0.2) is 60.4 Å². The zero-order chi connectivity index (χ0) is 20.3. The van der Waals surface area contributed by atoms with E-state index in [9.17, 15) is 4.79 Å². The largest absolute Gasteiger partial charge is 0.379 e. The molecular formula is C20H39N3O4. The molecule has 1 heterocycles. The highest BCUT2D eigenvalue weighted by atomic mass is 16.5. The summed E-state index contributed by atoms with van der Waals surface area (Å²) in [6.45, 7) is 13.8. The molecule has 0 saturated heterocycles. The maximum atomic E-state index is 11.4. The number of Topliss-reactive ketones (excluding diaryl/α,β-unsaturated/α-hetero) is 1. The number of carbonyl (C=O) groups excluding carboxylic acids is 1. The lowest BCUT2D eigenvalue weighted by Gasteiger charge is -2.07. The first-order valence-corrected chi connectivity index (χ1v) is 10.3. The van der Waals surface area contributed by atoms with Crippen molar-refractivity contribution in [3.8, 4) is 0 Å². The smallest absolute Gasteiger partial charge is 0.137 e. The molecule has 0 N–H and O–H groups in total. The van der Waals surface area contributed by atoms with E-state index in [1.807, 2.05) is 38.6 Å². The molecule has 158 valence electrons. The standard InChI is InChI=1S/C18H33N3O4.C2H6/c1-4-5-6-17-15-21(20-19-17)8-10-24-12-14-25-13-11-23-9-7-18(22)16(2)3;1-2/h15-16H,4-14H2,1-3H3;1-2H3. The number of ketones is 1. The van der Waals surface area contributed by atoms with E-state index in [0.717, 1.165) is 25.0 Å². The lowest BCUT2D eigenvalue weighted by atomic mass is 10.1. The fourth-order valence-electron chi connectivity index (χ4n) is 2.08. The van der Waals surface area contributed by atoms with Crippen molar-refractivity contribution in [1.82, 2.24) is 15.0 Å². The lowest BCUT2D eigenvalue weighted by Crippen LogP contribution is -2.14. The average molecular weight is 386 g/mol. The highest BCUT2D eigenvalue weighted by molar-refractivity contribution is 5.80. The molecule has 0 saturated carbocycles. The molecule has 1 aromatic heterocycles. The topological polar surface area (TPSA) is 75.5 Å². The number of carbonyl (C=O) groups is 1. The highest BCUT2D eigenvalue weighted by Gasteiger charge is 2.06. The van der Waals surface area contributed by atoms with Gasteiger partial charge in [0.2, 0.25) is 0 Å². The average Bonchev–Trinajstić information content (AvgIpc) is 3.13. The maximum absolute atomic E-state index is 11.4. The zero-order valence-corrected chi connectivity index (χ0v) is 17.9. The summed E-state index contributed by atoms with van der Waals surface area (Å²) in [5.41, 5.74) is 1.04. The van der Waals surface area contributed by atoms with Gasteiger partial charge in [0.15, 0.2) is 0 Å². The third kappa shape index (κ3) is 14.4. The van der Waals surface area contributed by atoms with Gasteiger partial charge in [0.05, 0.1) is 51.9 Å². The van der Waals surface area contributed by atoms with Gasteiger partial charge in [-0.25, -0.2) is 4.68 Å². The second kappa shape index (κ2) is 18.1. The van der Waals surface area contributed by atoms with Gasteiger partial charge >= 0.3 is 0 Å². The monoisotopic (exact) mass is 385 g/mol. The van der Waals surface area contributed by atoms with Gasteiger partial charge in [-0.3, -0.25) is 4.79 Å². The third-order valence-corrected chi connectivity index (χ3v) is 3.72. The summed E-state index contributed by atoms with van der Waals surface area (Å²) in [6.07, 6.45) is 5.75. The number of aromatic nitrogens is 3. The van der Waals surface area contributed by atoms with Crippen molar-refractivity contribution in [2.75, 3.05) is 39.6 Å². The zero-order valence-electron chi connectivity index (χ0n) is 17.9. The molecule has 7 nitrogen and oxygen atoms in total. The van der Waals surface area contributed by atoms with Crippen molar-refractivity contribution in [3.63, 3.8) is 0 Å². The first-order valence-electron chi connectivity index (χ1n) is 10.3. The van der Waals surface area contributed by atoms with Crippen molar-refractivity contribution in [2.24, 2.45) is 5.92 Å². The molecule has 0 aliphatic carbocycles. The van der Waals surface area contributed by atoms with E-state index in [4.69, 9.17) is 14.2 Å². The van der Waals surface area contributed by atoms with Crippen LogP contribution < -0.4 is 0 Å². The third-order valence-electron chi connectivity index (χ3n) is 3.72. The van der Waals surface area contributed by atoms with Crippen LogP contribution >= 0.6 is 0 Å². The van der Waals surface area contributed by atoms with Gasteiger partial charge in [-0.2, -0.15) is 0 Å². The molecule has 0 aromatic carbocycles. The predicted molar refractivity (Wildman–Crippen MR) is 107 cm³/mol. The van der Waals surface area contributed by atoms with Crippen LogP contribution in [0.2, 0.25) is 0 Å². The molecule has 0 radical (unpaired) electrons. The van der Waals surface area contributed by atoms with Gasteiger partial charge < -0.3 is 14.2 Å². The van der Waals surface area contributed by atoms with E-state index in [2.05, 4.69) is 17.2 Å². The summed E-state index contributed by atoms with van der Waals surface area (Å²) in [5, 5.41) is 8.22. The van der Waals surface area contributed by atoms with E-state index in [-0.39, 0.29) is 11.7 Å². The van der Waals surface area contributed by atoms with Crippen LogP contribution in [0.5, 0.6) is 0 Å². The SMILES string of the molecule is CC.CCCCc1cn(CCOCCOCCOCCC(=O)C(C)C)nn1. The van der Waals surface area contributed by atoms with Gasteiger partial charge in [0, 0.05) is 18.5 Å². The molecule has 7 heteroatoms. The van der Waals surface area contributed by atoms with Gasteiger partial charge in [-0.1, -0.05) is 46.3 Å². The van der Waals surface area contributed by atoms with Crippen molar-refractivity contribution >= 4 is 5.78 Å². The molecule has 0 aliphatic heterocycles. The molecule has 1 rings (SSSR count). The van der Waals surface area contributed by atoms with Gasteiger partial charge in [-0.05, 0) is 12.8 Å². The minimum absolute atomic E-state index is 0.0810. The summed E-state index contributed by atoms with van der Waals surface area (Å²) >= 11 is 0. The lowest BCUT2D eigenvalue weighted by molar-refractivity contribution is -0.123. The van der Waals surface area contributed by atoms with Crippen LogP contribution in [0.4, 0.5) is 0 Å². The predicted octanol–water partition coefficient (Wildman–Crippen LogP) is 3.31. The molecule has 0 bridgehead atoms. The number of aryl methyl sites for hydroxylation is 1. The van der Waals surface area contributed by atoms with Crippen molar-refractivity contribution < 1.29 is 19.0 Å². The van der Waals surface area contributed by atoms with Crippen LogP contribution in [-0.2, 0) is 32.0 Å². The Hall–Kier alpha value is -1.31. The van der Waals surface area contributed by atoms with Crippen LogP contribution in [0, 0.1) is 5.92 Å². The fraction of sp³-hybridized carbons (Fsp3) is 0.850. The first-order chi connectivity index (χ1) is 13.1. The van der Waals surface area contributed by atoms with Gasteiger partial charge in [0.25, 0.3) is 0 Å². The molecule has 27 heavy (non-hydrogen) atoms. The summed E-state index contributed by atoms with van der Waals surface area (Å²) < 4.78 is 18.1. The Kier molecular flexibility index (Phi) is 17.2. The Morgan fingerprint density at radius 3 is 2.22 bits per heavy atom. The van der Waals surface area contributed by atoms with Gasteiger partial charge in [-0.15, -0.1) is 5.10 Å². The summed E-state index contributed by atoms with van der Waals surface area (Å²) in [5.74, 6) is 0.316. The normalized spacial score (nSPS) is 10.7. The Balaban J connectivity index is 0.00000326. The summed E-state index contributed by atoms with van der Waals surface area (Å²) in [7, 11) is 0. The minimum Gasteiger partial charge on any atom is -0.379 e. The van der Waals surface area contributed by atoms with E-state index < -0.39 is 0 Å². The number of rotatable bonds is 16. The van der Waals surface area contributed by atoms with Crippen LogP contribution in [0.1, 0.15) is 59.6 Å². The molecule has 0 unspecified atom stereocenters. The number of hydrogen-bond donors (Lipinski definition) is 0. The van der Waals surface area contributed by atoms with Crippen molar-refractivity contribution in [2.45, 2.75) is 66.8 Å². The van der Waals surface area contributed by atoms with E-state index in [0.29, 0.717) is 52.6 Å². The molecule has 0 atom stereocenters. The van der Waals surface area contributed by atoms with Crippen LogP contribution in [0.15, 0.2) is 6.20 Å². The second-order valence-corrected chi connectivity index (χ2v) is 6.28. The summed E-state index contributed by atoms with van der Waals surface area (Å²) in [6, 6.07) is 0. The molecule has 0 spiro atoms. The molecular weight excluding hydrogens is 346 g/mol. The molecule has 0 amide bonds. The van der Waals surface area contributed by atoms with E-state index >= 15 is 0 Å². The molecule has 0 aliphatic rings. The van der Waals surface area contributed by atoms with E-state index in [1.165, 1.54) is 0 Å². The number of unbranched alkanes of at least 4 members (excludes halogenated alkanes) is 1. The Bertz CT molecular complexity index is 464. The Labute approximate surface area is 164 Å². The number of ether oxygens (including phenoxy) is 3. The molecule has 1 aromatic rings. The molecule has 0 fully saturated rings. The van der Waals surface area contributed by atoms with Gasteiger partial charge in [0.1, 0.15) is 5.78 Å². The minimum atomic E-state index is 0.0810. The fourth-order valence-corrected chi connectivity index (χ4v) is 2.08. The Morgan fingerprint density at radius 1 is 1.04 bits per heavy atom. The van der Waals surface area contributed by atoms with Crippen molar-refractivity contribution in [1.29, 1.82) is 0 Å². The summed E-state index contributed by atoms with van der Waals surface area (Å²) in [4.78, 5) is 11.4. The highest BCUT2D eigenvalue weighted by Crippen LogP contribution is 2.00. The van der Waals surface area contributed by atoms with Crippen LogP contribution in [0.3, 0.4) is 0 Å². The van der Waals surface area contributed by atoms with Crippen LogP contribution in [0.25, 0.3) is 0 Å². The quantitative estimate of drug-likeness (QED) is 0.406. The Morgan fingerprint density at radius 2 is 1.63 bits per heavy atom. The second-order valence-electron chi connectivity index (χ2n) is 6.28. The maximum Gasteiger partial charge on any atom is 0.137 e. The van der Waals surface area contributed by atoms with E-state index in [1.54, 1.807) is 0 Å². The van der Waals surface area contributed by atoms with Crippen molar-refractivity contribution in [3.05, 3.63) is 11.9 Å². The first kappa shape index (κ1) is 25.7. The number of nitrogens with zero attached hydrogens (tertiary/aromatic N) is 3.